The fourth-order valence-electron chi connectivity index (χ4n) is 2.25. The molecule has 0 saturated carbocycles. The lowest BCUT2D eigenvalue weighted by Crippen LogP contribution is -2.17. The zero-order valence-corrected chi connectivity index (χ0v) is 11.2. The first-order valence-corrected chi connectivity index (χ1v) is 6.63. The minimum Gasteiger partial charge on any atom is -0.313 e. The van der Waals surface area contributed by atoms with Crippen molar-refractivity contribution in [2.24, 2.45) is 0 Å². The molecule has 0 fully saturated rings. The highest BCUT2D eigenvalue weighted by molar-refractivity contribution is 5.28. The Bertz CT molecular complexity index is 330. The summed E-state index contributed by atoms with van der Waals surface area (Å²) in [4.78, 5) is 0. The minimum atomic E-state index is 0.500. The molecule has 0 aliphatic carbocycles. The molecule has 0 bridgehead atoms. The quantitative estimate of drug-likeness (QED) is 0.517. The van der Waals surface area contributed by atoms with E-state index in [1.807, 2.05) is 6.08 Å². The first-order chi connectivity index (χ1) is 8.29. The van der Waals surface area contributed by atoms with Crippen molar-refractivity contribution < 1.29 is 0 Å². The number of rotatable bonds is 8. The summed E-state index contributed by atoms with van der Waals surface area (Å²) in [7, 11) is 2.06. The van der Waals surface area contributed by atoms with Crippen LogP contribution in [0, 0.1) is 6.92 Å². The first kappa shape index (κ1) is 14.0. The molecule has 0 aliphatic rings. The second-order valence-corrected chi connectivity index (χ2v) is 4.62. The van der Waals surface area contributed by atoms with Crippen LogP contribution in [0.4, 0.5) is 0 Å². The van der Waals surface area contributed by atoms with E-state index in [-0.39, 0.29) is 0 Å². The molecule has 0 spiro atoms. The Hall–Kier alpha value is -1.08. The molecule has 0 heterocycles. The molecule has 1 rings (SSSR count). The Kier molecular flexibility index (Phi) is 6.64. The number of aryl methyl sites for hydroxylation is 1. The van der Waals surface area contributed by atoms with Crippen LogP contribution in [-0.4, -0.2) is 7.05 Å². The van der Waals surface area contributed by atoms with Crippen molar-refractivity contribution in [3.63, 3.8) is 0 Å². The summed E-state index contributed by atoms with van der Waals surface area (Å²) in [5.41, 5.74) is 2.83. The number of benzene rings is 1. The van der Waals surface area contributed by atoms with Gasteiger partial charge >= 0.3 is 0 Å². The van der Waals surface area contributed by atoms with Gasteiger partial charge in [-0.2, -0.15) is 0 Å². The summed E-state index contributed by atoms with van der Waals surface area (Å²) in [5.74, 6) is 0. The maximum absolute atomic E-state index is 3.76. The largest absolute Gasteiger partial charge is 0.313 e. The Balaban J connectivity index is 2.43. The summed E-state index contributed by atoms with van der Waals surface area (Å²) >= 11 is 0. The molecular weight excluding hydrogens is 206 g/mol. The van der Waals surface area contributed by atoms with E-state index in [4.69, 9.17) is 0 Å². The zero-order chi connectivity index (χ0) is 12.5. The molecule has 1 N–H and O–H groups in total. The van der Waals surface area contributed by atoms with E-state index in [1.165, 1.54) is 36.8 Å². The van der Waals surface area contributed by atoms with Crippen LogP contribution in [0.1, 0.15) is 49.3 Å². The summed E-state index contributed by atoms with van der Waals surface area (Å²) in [5, 5.41) is 3.43. The summed E-state index contributed by atoms with van der Waals surface area (Å²) in [6.45, 7) is 5.95. The molecule has 0 saturated heterocycles. The van der Waals surface area contributed by atoms with Crippen molar-refractivity contribution in [1.82, 2.24) is 5.32 Å². The van der Waals surface area contributed by atoms with Gasteiger partial charge in [0.2, 0.25) is 0 Å². The van der Waals surface area contributed by atoms with Crippen molar-refractivity contribution in [1.29, 1.82) is 0 Å². The molecule has 1 aromatic rings. The molecule has 0 radical (unpaired) electrons. The monoisotopic (exact) mass is 231 g/mol. The highest BCUT2D eigenvalue weighted by Crippen LogP contribution is 2.22. The van der Waals surface area contributed by atoms with Gasteiger partial charge in [-0.05, 0) is 44.4 Å². The fraction of sp³-hybridized carbons (Fsp3) is 0.500. The maximum Gasteiger partial charge on any atom is 0.0320 e. The van der Waals surface area contributed by atoms with Crippen molar-refractivity contribution in [3.8, 4) is 0 Å². The molecule has 1 unspecified atom stereocenters. The van der Waals surface area contributed by atoms with Gasteiger partial charge in [0.25, 0.3) is 0 Å². The molecule has 1 atom stereocenters. The molecule has 0 aliphatic heterocycles. The van der Waals surface area contributed by atoms with Crippen LogP contribution in [0.25, 0.3) is 0 Å². The fourth-order valence-corrected chi connectivity index (χ4v) is 2.25. The Morgan fingerprint density at radius 2 is 2.00 bits per heavy atom. The zero-order valence-electron chi connectivity index (χ0n) is 11.2. The molecule has 0 amide bonds. The van der Waals surface area contributed by atoms with E-state index < -0.39 is 0 Å². The van der Waals surface area contributed by atoms with E-state index in [0.717, 1.165) is 6.42 Å². The van der Waals surface area contributed by atoms with E-state index in [0.29, 0.717) is 6.04 Å². The van der Waals surface area contributed by atoms with Crippen molar-refractivity contribution in [2.45, 2.75) is 45.1 Å². The van der Waals surface area contributed by atoms with Gasteiger partial charge in [-0.1, -0.05) is 43.2 Å². The summed E-state index contributed by atoms with van der Waals surface area (Å²) < 4.78 is 0. The van der Waals surface area contributed by atoms with Gasteiger partial charge in [0.05, 0.1) is 0 Å². The second-order valence-electron chi connectivity index (χ2n) is 4.62. The van der Waals surface area contributed by atoms with Gasteiger partial charge in [-0.25, -0.2) is 0 Å². The van der Waals surface area contributed by atoms with Crippen LogP contribution in [-0.2, 0) is 0 Å². The summed E-state index contributed by atoms with van der Waals surface area (Å²) in [6, 6.07) is 9.16. The van der Waals surface area contributed by atoms with Gasteiger partial charge in [-0.3, -0.25) is 0 Å². The molecular formula is C16H25N. The smallest absolute Gasteiger partial charge is 0.0320 e. The normalized spacial score (nSPS) is 12.4. The van der Waals surface area contributed by atoms with Gasteiger partial charge < -0.3 is 5.32 Å². The molecule has 94 valence electrons. The third-order valence-corrected chi connectivity index (χ3v) is 3.31. The molecule has 1 nitrogen and oxygen atoms in total. The molecule has 0 aromatic heterocycles. The van der Waals surface area contributed by atoms with Crippen LogP contribution in [0.5, 0.6) is 0 Å². The Morgan fingerprint density at radius 3 is 2.65 bits per heavy atom. The Morgan fingerprint density at radius 1 is 1.24 bits per heavy atom. The van der Waals surface area contributed by atoms with Gasteiger partial charge in [0.1, 0.15) is 0 Å². The maximum atomic E-state index is 3.76. The average Bonchev–Trinajstić information content (AvgIpc) is 2.35. The van der Waals surface area contributed by atoms with Gasteiger partial charge in [0, 0.05) is 6.04 Å². The minimum absolute atomic E-state index is 0.500. The standard InChI is InChI=1S/C16H25N/c1-4-5-6-7-8-13-16(17-3)15-12-10-9-11-14(15)2/h4,9-12,16-17H,1,5-8,13H2,2-3H3. The Labute approximate surface area is 106 Å². The topological polar surface area (TPSA) is 12.0 Å². The van der Waals surface area contributed by atoms with Crippen molar-refractivity contribution >= 4 is 0 Å². The van der Waals surface area contributed by atoms with Crippen molar-refractivity contribution in [2.75, 3.05) is 7.05 Å². The van der Waals surface area contributed by atoms with Gasteiger partial charge in [-0.15, -0.1) is 6.58 Å². The SMILES string of the molecule is C=CCCCCCC(NC)c1ccccc1C. The number of nitrogens with one attached hydrogen (secondary N) is 1. The molecule has 1 aromatic carbocycles. The van der Waals surface area contributed by atoms with Crippen LogP contribution >= 0.6 is 0 Å². The van der Waals surface area contributed by atoms with Crippen LogP contribution < -0.4 is 5.32 Å². The van der Waals surface area contributed by atoms with E-state index in [2.05, 4.69) is 50.1 Å². The third kappa shape index (κ3) is 4.74. The lowest BCUT2D eigenvalue weighted by molar-refractivity contribution is 0.506. The van der Waals surface area contributed by atoms with E-state index >= 15 is 0 Å². The van der Waals surface area contributed by atoms with Crippen LogP contribution in [0.2, 0.25) is 0 Å². The second kappa shape index (κ2) is 8.08. The number of hydrogen-bond donors (Lipinski definition) is 1. The lowest BCUT2D eigenvalue weighted by atomic mass is 9.96. The van der Waals surface area contributed by atoms with E-state index in [9.17, 15) is 0 Å². The number of allylic oxidation sites excluding steroid dienone is 1. The lowest BCUT2D eigenvalue weighted by Gasteiger charge is -2.18. The predicted octanol–water partition coefficient (Wildman–Crippen LogP) is 4.39. The van der Waals surface area contributed by atoms with Crippen molar-refractivity contribution in [3.05, 3.63) is 48.0 Å². The van der Waals surface area contributed by atoms with Crippen LogP contribution in [0.15, 0.2) is 36.9 Å². The van der Waals surface area contributed by atoms with Crippen LogP contribution in [0.3, 0.4) is 0 Å². The van der Waals surface area contributed by atoms with Gasteiger partial charge in [0.15, 0.2) is 0 Å². The molecule has 1 heteroatoms. The highest BCUT2D eigenvalue weighted by Gasteiger charge is 2.10. The average molecular weight is 231 g/mol. The predicted molar refractivity (Wildman–Crippen MR) is 76.3 cm³/mol. The highest BCUT2D eigenvalue weighted by atomic mass is 14.9. The number of unbranched alkanes of at least 4 members (excludes halogenated alkanes) is 3. The number of hydrogen-bond acceptors (Lipinski definition) is 1. The van der Waals surface area contributed by atoms with E-state index in [1.54, 1.807) is 0 Å². The molecule has 17 heavy (non-hydrogen) atoms. The first-order valence-electron chi connectivity index (χ1n) is 6.63. The summed E-state index contributed by atoms with van der Waals surface area (Å²) in [6.07, 6.45) is 8.24. The third-order valence-electron chi connectivity index (χ3n) is 3.31.